The van der Waals surface area contributed by atoms with E-state index in [1.54, 1.807) is 16.9 Å². The van der Waals surface area contributed by atoms with Gasteiger partial charge in [0.05, 0.1) is 17.1 Å². The zero-order valence-electron chi connectivity index (χ0n) is 8.67. The van der Waals surface area contributed by atoms with E-state index >= 15 is 0 Å². The second-order valence-electron chi connectivity index (χ2n) is 3.30. The molecule has 2 heterocycles. The molecular formula is C10H11N3OS2. The second kappa shape index (κ2) is 4.71. The molecule has 1 N–H and O–H groups in total. The van der Waals surface area contributed by atoms with Crippen molar-refractivity contribution in [3.63, 3.8) is 0 Å². The summed E-state index contributed by atoms with van der Waals surface area (Å²) in [5.41, 5.74) is 0.969. The van der Waals surface area contributed by atoms with Crippen molar-refractivity contribution in [1.29, 1.82) is 0 Å². The number of amides is 1. The number of hydrogen-bond acceptors (Lipinski definition) is 4. The summed E-state index contributed by atoms with van der Waals surface area (Å²) in [7, 11) is 1.85. The first-order valence-corrected chi connectivity index (χ1v) is 6.02. The molecule has 0 aliphatic carbocycles. The predicted molar refractivity (Wildman–Crippen MR) is 65.9 cm³/mol. The molecule has 0 saturated carbocycles. The SMILES string of the molecule is Cn1nccc1CNC(=O)c1cc(S)cs1. The van der Waals surface area contributed by atoms with Gasteiger partial charge in [-0.15, -0.1) is 24.0 Å². The minimum absolute atomic E-state index is 0.0773. The minimum atomic E-state index is -0.0773. The molecule has 0 spiro atoms. The van der Waals surface area contributed by atoms with Crippen LogP contribution < -0.4 is 5.32 Å². The monoisotopic (exact) mass is 253 g/mol. The summed E-state index contributed by atoms with van der Waals surface area (Å²) in [6.45, 7) is 0.481. The highest BCUT2D eigenvalue weighted by atomic mass is 32.1. The van der Waals surface area contributed by atoms with E-state index < -0.39 is 0 Å². The molecule has 0 atom stereocenters. The molecule has 6 heteroatoms. The number of thiophene rings is 1. The first-order valence-electron chi connectivity index (χ1n) is 4.69. The van der Waals surface area contributed by atoms with E-state index in [2.05, 4.69) is 23.0 Å². The molecule has 1 amide bonds. The molecule has 2 aromatic rings. The first kappa shape index (κ1) is 11.2. The van der Waals surface area contributed by atoms with Gasteiger partial charge in [-0.1, -0.05) is 0 Å². The van der Waals surface area contributed by atoms with Crippen molar-refractivity contribution in [2.45, 2.75) is 11.4 Å². The van der Waals surface area contributed by atoms with Crippen LogP contribution in [0.4, 0.5) is 0 Å². The lowest BCUT2D eigenvalue weighted by Crippen LogP contribution is -2.23. The maximum absolute atomic E-state index is 11.7. The summed E-state index contributed by atoms with van der Waals surface area (Å²) >= 11 is 5.55. The fourth-order valence-electron chi connectivity index (χ4n) is 1.28. The average molecular weight is 253 g/mol. The van der Waals surface area contributed by atoms with Crippen LogP contribution in [0.25, 0.3) is 0 Å². The lowest BCUT2D eigenvalue weighted by molar-refractivity contribution is 0.0954. The van der Waals surface area contributed by atoms with Gasteiger partial charge in [-0.3, -0.25) is 9.48 Å². The summed E-state index contributed by atoms with van der Waals surface area (Å²) in [5, 5.41) is 8.69. The Morgan fingerprint density at radius 1 is 1.69 bits per heavy atom. The van der Waals surface area contributed by atoms with E-state index in [0.29, 0.717) is 11.4 Å². The van der Waals surface area contributed by atoms with Crippen molar-refractivity contribution >= 4 is 29.9 Å². The van der Waals surface area contributed by atoms with E-state index in [1.807, 2.05) is 18.5 Å². The van der Waals surface area contributed by atoms with Gasteiger partial charge >= 0.3 is 0 Å². The third-order valence-corrected chi connectivity index (χ3v) is 3.52. The van der Waals surface area contributed by atoms with E-state index in [4.69, 9.17) is 0 Å². The Balaban J connectivity index is 1.96. The molecule has 0 aromatic carbocycles. The summed E-state index contributed by atoms with van der Waals surface area (Å²) in [4.78, 5) is 13.2. The Hall–Kier alpha value is -1.27. The maximum Gasteiger partial charge on any atom is 0.261 e. The number of nitrogens with one attached hydrogen (secondary N) is 1. The van der Waals surface area contributed by atoms with E-state index in [9.17, 15) is 4.79 Å². The fourth-order valence-corrected chi connectivity index (χ4v) is 2.34. The highest BCUT2D eigenvalue weighted by Crippen LogP contribution is 2.17. The van der Waals surface area contributed by atoms with Gasteiger partial charge in [0, 0.05) is 23.5 Å². The van der Waals surface area contributed by atoms with Gasteiger partial charge in [0.2, 0.25) is 0 Å². The van der Waals surface area contributed by atoms with Gasteiger partial charge < -0.3 is 5.32 Å². The molecule has 0 aliphatic heterocycles. The molecular weight excluding hydrogens is 242 g/mol. The molecule has 4 nitrogen and oxygen atoms in total. The highest BCUT2D eigenvalue weighted by Gasteiger charge is 2.08. The zero-order valence-corrected chi connectivity index (χ0v) is 10.4. The lowest BCUT2D eigenvalue weighted by Gasteiger charge is -2.03. The van der Waals surface area contributed by atoms with Gasteiger partial charge in [-0.2, -0.15) is 5.10 Å². The van der Waals surface area contributed by atoms with Crippen molar-refractivity contribution < 1.29 is 4.79 Å². The van der Waals surface area contributed by atoms with Gasteiger partial charge in [-0.25, -0.2) is 0 Å². The van der Waals surface area contributed by atoms with Crippen molar-refractivity contribution in [3.8, 4) is 0 Å². The number of aromatic nitrogens is 2. The van der Waals surface area contributed by atoms with Crippen LogP contribution in [0.15, 0.2) is 28.6 Å². The Kier molecular flexibility index (Phi) is 3.31. The minimum Gasteiger partial charge on any atom is -0.346 e. The van der Waals surface area contributed by atoms with Crippen LogP contribution in [0, 0.1) is 0 Å². The third-order valence-electron chi connectivity index (χ3n) is 2.16. The standard InChI is InChI=1S/C10H11N3OS2/c1-13-7(2-3-12-13)5-11-10(14)9-4-8(15)6-16-9/h2-4,6,15H,5H2,1H3,(H,11,14). The van der Waals surface area contributed by atoms with Gasteiger partial charge in [0.25, 0.3) is 5.91 Å². The van der Waals surface area contributed by atoms with Crippen molar-refractivity contribution in [2.75, 3.05) is 0 Å². The molecule has 0 fully saturated rings. The number of carbonyl (C=O) groups is 1. The van der Waals surface area contributed by atoms with Crippen LogP contribution in [0.2, 0.25) is 0 Å². The molecule has 2 rings (SSSR count). The smallest absolute Gasteiger partial charge is 0.261 e. The van der Waals surface area contributed by atoms with Crippen LogP contribution in [-0.2, 0) is 13.6 Å². The van der Waals surface area contributed by atoms with E-state index in [1.165, 1.54) is 11.3 Å². The lowest BCUT2D eigenvalue weighted by atomic mass is 10.4. The molecule has 0 radical (unpaired) electrons. The number of aryl methyl sites for hydroxylation is 1. The Labute approximate surface area is 103 Å². The highest BCUT2D eigenvalue weighted by molar-refractivity contribution is 7.80. The molecule has 0 unspecified atom stereocenters. The van der Waals surface area contributed by atoms with Crippen LogP contribution in [0.1, 0.15) is 15.4 Å². The molecule has 2 aromatic heterocycles. The summed E-state index contributed by atoms with van der Waals surface area (Å²) in [6, 6.07) is 3.63. The molecule has 0 saturated heterocycles. The molecule has 0 aliphatic rings. The quantitative estimate of drug-likeness (QED) is 0.818. The number of carbonyl (C=O) groups excluding carboxylic acids is 1. The Bertz CT molecular complexity index is 504. The van der Waals surface area contributed by atoms with Gasteiger partial charge in [-0.05, 0) is 12.1 Å². The predicted octanol–water partition coefficient (Wildman–Crippen LogP) is 1.70. The van der Waals surface area contributed by atoms with E-state index in [-0.39, 0.29) is 5.91 Å². The Morgan fingerprint density at radius 2 is 2.50 bits per heavy atom. The second-order valence-corrected chi connectivity index (χ2v) is 4.73. The topological polar surface area (TPSA) is 46.9 Å². The molecule has 84 valence electrons. The van der Waals surface area contributed by atoms with Crippen molar-refractivity contribution in [2.24, 2.45) is 7.05 Å². The van der Waals surface area contributed by atoms with Gasteiger partial charge in [0.1, 0.15) is 0 Å². The molecule has 16 heavy (non-hydrogen) atoms. The van der Waals surface area contributed by atoms with Crippen molar-refractivity contribution in [3.05, 3.63) is 34.3 Å². The van der Waals surface area contributed by atoms with Crippen molar-refractivity contribution in [1.82, 2.24) is 15.1 Å². The fraction of sp³-hybridized carbons (Fsp3) is 0.200. The zero-order chi connectivity index (χ0) is 11.5. The number of nitrogens with zero attached hydrogens (tertiary/aromatic N) is 2. The normalized spacial score (nSPS) is 10.4. The largest absolute Gasteiger partial charge is 0.346 e. The Morgan fingerprint density at radius 3 is 3.06 bits per heavy atom. The van der Waals surface area contributed by atoms with Crippen LogP contribution >= 0.6 is 24.0 Å². The summed E-state index contributed by atoms with van der Waals surface area (Å²) in [6.07, 6.45) is 1.71. The maximum atomic E-state index is 11.7. The van der Waals surface area contributed by atoms with Gasteiger partial charge in [0.15, 0.2) is 0 Å². The van der Waals surface area contributed by atoms with Crippen LogP contribution in [-0.4, -0.2) is 15.7 Å². The number of rotatable bonds is 3. The summed E-state index contributed by atoms with van der Waals surface area (Å²) < 4.78 is 1.73. The summed E-state index contributed by atoms with van der Waals surface area (Å²) in [5.74, 6) is -0.0773. The molecule has 0 bridgehead atoms. The van der Waals surface area contributed by atoms with Crippen LogP contribution in [0.5, 0.6) is 0 Å². The third kappa shape index (κ3) is 2.45. The average Bonchev–Trinajstić information content (AvgIpc) is 2.84. The first-order chi connectivity index (χ1) is 7.66. The number of hydrogen-bond donors (Lipinski definition) is 2. The number of thiol groups is 1. The van der Waals surface area contributed by atoms with E-state index in [0.717, 1.165) is 10.6 Å². The van der Waals surface area contributed by atoms with Crippen LogP contribution in [0.3, 0.4) is 0 Å².